The number of nitrogens with one attached hydrogen (secondary N) is 2. The maximum atomic E-state index is 13.3. The van der Waals surface area contributed by atoms with Crippen LogP contribution in [0.5, 0.6) is 0 Å². The third-order valence-corrected chi connectivity index (χ3v) is 3.85. The maximum absolute atomic E-state index is 13.3. The molecule has 1 aliphatic rings. The summed E-state index contributed by atoms with van der Waals surface area (Å²) in [6.07, 6.45) is 4.89. The van der Waals surface area contributed by atoms with E-state index in [0.29, 0.717) is 12.5 Å². The van der Waals surface area contributed by atoms with Gasteiger partial charge in [0.2, 0.25) is 0 Å². The Kier molecular flexibility index (Phi) is 3.60. The molecule has 0 unspecified atom stereocenters. The largest absolute Gasteiger partial charge is 0.331 e. The van der Waals surface area contributed by atoms with E-state index in [1.54, 1.807) is 0 Å². The van der Waals surface area contributed by atoms with Gasteiger partial charge in [0.15, 0.2) is 5.82 Å². The highest BCUT2D eigenvalue weighted by molar-refractivity contribution is 7.09. The van der Waals surface area contributed by atoms with Crippen molar-refractivity contribution in [3.8, 4) is 0 Å². The molecule has 2 heterocycles. The van der Waals surface area contributed by atoms with Crippen LogP contribution in [0.4, 0.5) is 14.9 Å². The van der Waals surface area contributed by atoms with Gasteiger partial charge in [0.1, 0.15) is 5.01 Å². The lowest BCUT2D eigenvalue weighted by Gasteiger charge is -2.06. The SMILES string of the molecule is O=C(NCc1nc(C2CC2)cs1)Nc1ccncc1F. The number of nitrogens with zero attached hydrogens (tertiary/aromatic N) is 2. The first-order valence-corrected chi connectivity index (χ1v) is 7.19. The minimum Gasteiger partial charge on any atom is -0.331 e. The van der Waals surface area contributed by atoms with Crippen LogP contribution in [-0.4, -0.2) is 16.0 Å². The number of aromatic nitrogens is 2. The highest BCUT2D eigenvalue weighted by Crippen LogP contribution is 2.40. The van der Waals surface area contributed by atoms with Gasteiger partial charge < -0.3 is 10.6 Å². The number of amides is 2. The fourth-order valence-electron chi connectivity index (χ4n) is 1.77. The molecule has 1 fully saturated rings. The molecular formula is C13H13FN4OS. The molecular weight excluding hydrogens is 279 g/mol. The minimum absolute atomic E-state index is 0.107. The Labute approximate surface area is 119 Å². The molecule has 0 aromatic carbocycles. The average molecular weight is 292 g/mol. The Morgan fingerprint density at radius 1 is 1.50 bits per heavy atom. The summed E-state index contributed by atoms with van der Waals surface area (Å²) < 4.78 is 13.3. The van der Waals surface area contributed by atoms with Crippen molar-refractivity contribution in [3.05, 3.63) is 40.4 Å². The number of halogens is 1. The number of carbonyl (C=O) groups excluding carboxylic acids is 1. The van der Waals surface area contributed by atoms with Crippen molar-refractivity contribution < 1.29 is 9.18 Å². The van der Waals surface area contributed by atoms with Crippen molar-refractivity contribution in [2.45, 2.75) is 25.3 Å². The molecule has 1 aliphatic carbocycles. The van der Waals surface area contributed by atoms with Gasteiger partial charge in [0.05, 0.1) is 24.1 Å². The summed E-state index contributed by atoms with van der Waals surface area (Å²) in [5.41, 5.74) is 1.22. The monoisotopic (exact) mass is 292 g/mol. The minimum atomic E-state index is -0.562. The Bertz CT molecular complexity index is 626. The molecule has 0 atom stereocenters. The molecule has 0 saturated heterocycles. The summed E-state index contributed by atoms with van der Waals surface area (Å²) in [5.74, 6) is 0.0488. The number of hydrogen-bond donors (Lipinski definition) is 2. The molecule has 2 aromatic rings. The van der Waals surface area contributed by atoms with Gasteiger partial charge in [-0.25, -0.2) is 14.2 Å². The molecule has 104 valence electrons. The number of anilines is 1. The zero-order chi connectivity index (χ0) is 13.9. The quantitative estimate of drug-likeness (QED) is 0.910. The highest BCUT2D eigenvalue weighted by Gasteiger charge is 2.25. The van der Waals surface area contributed by atoms with E-state index in [9.17, 15) is 9.18 Å². The van der Waals surface area contributed by atoms with Gasteiger partial charge in [0.25, 0.3) is 0 Å². The Balaban J connectivity index is 1.52. The van der Waals surface area contributed by atoms with E-state index in [4.69, 9.17) is 0 Å². The van der Waals surface area contributed by atoms with Crippen LogP contribution < -0.4 is 10.6 Å². The van der Waals surface area contributed by atoms with Gasteiger partial charge in [-0.15, -0.1) is 11.3 Å². The predicted molar refractivity (Wildman–Crippen MR) is 74.1 cm³/mol. The fourth-order valence-corrected chi connectivity index (χ4v) is 2.59. The Morgan fingerprint density at radius 3 is 3.10 bits per heavy atom. The first kappa shape index (κ1) is 13.0. The van der Waals surface area contributed by atoms with Crippen LogP contribution >= 0.6 is 11.3 Å². The van der Waals surface area contributed by atoms with Crippen LogP contribution in [-0.2, 0) is 6.54 Å². The van der Waals surface area contributed by atoms with Gasteiger partial charge in [-0.3, -0.25) is 4.98 Å². The van der Waals surface area contributed by atoms with Crippen LogP contribution in [0, 0.1) is 5.82 Å². The number of hydrogen-bond acceptors (Lipinski definition) is 4. The summed E-state index contributed by atoms with van der Waals surface area (Å²) in [5, 5.41) is 7.99. The average Bonchev–Trinajstić information content (AvgIpc) is 3.18. The Hall–Kier alpha value is -2.02. The van der Waals surface area contributed by atoms with Gasteiger partial charge in [-0.05, 0) is 18.9 Å². The van der Waals surface area contributed by atoms with E-state index in [2.05, 4.69) is 20.6 Å². The lowest BCUT2D eigenvalue weighted by molar-refractivity contribution is 0.251. The zero-order valence-corrected chi connectivity index (χ0v) is 11.4. The van der Waals surface area contributed by atoms with Gasteiger partial charge in [-0.2, -0.15) is 0 Å². The topological polar surface area (TPSA) is 66.9 Å². The third-order valence-electron chi connectivity index (χ3n) is 2.99. The zero-order valence-electron chi connectivity index (χ0n) is 10.6. The molecule has 0 bridgehead atoms. The third kappa shape index (κ3) is 3.11. The first-order chi connectivity index (χ1) is 9.72. The van der Waals surface area contributed by atoms with Crippen molar-refractivity contribution in [2.24, 2.45) is 0 Å². The van der Waals surface area contributed by atoms with Crippen molar-refractivity contribution in [1.29, 1.82) is 0 Å². The van der Waals surface area contributed by atoms with Crippen molar-refractivity contribution >= 4 is 23.1 Å². The molecule has 20 heavy (non-hydrogen) atoms. The summed E-state index contributed by atoms with van der Waals surface area (Å²) in [7, 11) is 0. The van der Waals surface area contributed by atoms with Crippen LogP contribution in [0.15, 0.2) is 23.8 Å². The summed E-state index contributed by atoms with van der Waals surface area (Å²) in [6.45, 7) is 0.343. The fraction of sp³-hybridized carbons (Fsp3) is 0.308. The van der Waals surface area contributed by atoms with Gasteiger partial charge >= 0.3 is 6.03 Å². The van der Waals surface area contributed by atoms with Gasteiger partial charge in [0, 0.05) is 17.5 Å². The molecule has 0 spiro atoms. The molecule has 0 aliphatic heterocycles. The van der Waals surface area contributed by atoms with E-state index < -0.39 is 11.8 Å². The van der Waals surface area contributed by atoms with Crippen LogP contribution in [0.25, 0.3) is 0 Å². The van der Waals surface area contributed by atoms with Crippen molar-refractivity contribution in [3.63, 3.8) is 0 Å². The summed E-state index contributed by atoms with van der Waals surface area (Å²) in [6, 6.07) is 0.946. The number of thiazole rings is 1. The molecule has 2 N–H and O–H groups in total. The lowest BCUT2D eigenvalue weighted by Crippen LogP contribution is -2.28. The second kappa shape index (κ2) is 5.54. The van der Waals surface area contributed by atoms with Crippen LogP contribution in [0.3, 0.4) is 0 Å². The van der Waals surface area contributed by atoms with E-state index in [1.807, 2.05) is 5.38 Å². The smallest absolute Gasteiger partial charge is 0.319 e. The highest BCUT2D eigenvalue weighted by atomic mass is 32.1. The standard InChI is InChI=1S/C13H13FN4OS/c14-9-5-15-4-3-10(9)18-13(19)16-6-12-17-11(7-20-12)8-1-2-8/h3-5,7-8H,1-2,6H2,(H2,15,16,18,19). The molecule has 1 saturated carbocycles. The van der Waals surface area contributed by atoms with Crippen LogP contribution in [0.1, 0.15) is 29.5 Å². The van der Waals surface area contributed by atoms with E-state index in [0.717, 1.165) is 16.9 Å². The molecule has 5 nitrogen and oxygen atoms in total. The molecule has 2 amide bonds. The van der Waals surface area contributed by atoms with Crippen LogP contribution in [0.2, 0.25) is 0 Å². The van der Waals surface area contributed by atoms with Gasteiger partial charge in [-0.1, -0.05) is 0 Å². The second-order valence-electron chi connectivity index (χ2n) is 4.60. The molecule has 3 rings (SSSR count). The van der Waals surface area contributed by atoms with E-state index >= 15 is 0 Å². The lowest BCUT2D eigenvalue weighted by atomic mass is 10.3. The number of rotatable bonds is 4. The number of pyridine rings is 1. The van der Waals surface area contributed by atoms with Crippen molar-refractivity contribution in [2.75, 3.05) is 5.32 Å². The normalized spacial score (nSPS) is 14.1. The molecule has 7 heteroatoms. The number of urea groups is 1. The van der Waals surface area contributed by atoms with Crippen molar-refractivity contribution in [1.82, 2.24) is 15.3 Å². The predicted octanol–water partition coefficient (Wildman–Crippen LogP) is 2.88. The second-order valence-corrected chi connectivity index (χ2v) is 5.55. The molecule has 2 aromatic heterocycles. The summed E-state index contributed by atoms with van der Waals surface area (Å²) >= 11 is 1.53. The van der Waals surface area contributed by atoms with E-state index in [1.165, 1.54) is 36.4 Å². The van der Waals surface area contributed by atoms with E-state index in [-0.39, 0.29) is 5.69 Å². The first-order valence-electron chi connectivity index (χ1n) is 6.31. The maximum Gasteiger partial charge on any atom is 0.319 e. The molecule has 0 radical (unpaired) electrons. The Morgan fingerprint density at radius 2 is 2.35 bits per heavy atom. The summed E-state index contributed by atoms with van der Waals surface area (Å²) in [4.78, 5) is 19.7. The number of carbonyl (C=O) groups is 1.